The summed E-state index contributed by atoms with van der Waals surface area (Å²) >= 11 is 0. The molecule has 0 saturated carbocycles. The molecule has 132 valence electrons. The first-order valence-corrected chi connectivity index (χ1v) is 7.33. The van der Waals surface area contributed by atoms with E-state index in [1.165, 1.54) is 19.2 Å². The van der Waals surface area contributed by atoms with Crippen LogP contribution in [0, 0.1) is 0 Å². The third-order valence-corrected chi connectivity index (χ3v) is 3.78. The lowest BCUT2D eigenvalue weighted by molar-refractivity contribution is -0.274. The van der Waals surface area contributed by atoms with Crippen LogP contribution in [0.1, 0.15) is 24.9 Å². The van der Waals surface area contributed by atoms with E-state index in [-0.39, 0.29) is 24.2 Å². The molecule has 0 aromatic heterocycles. The second-order valence-electron chi connectivity index (χ2n) is 5.16. The summed E-state index contributed by atoms with van der Waals surface area (Å²) in [6.07, 6.45) is -3.84. The number of alkyl halides is 3. The van der Waals surface area contributed by atoms with Crippen LogP contribution in [0.25, 0.3) is 0 Å². The molecule has 0 unspecified atom stereocenters. The molecule has 8 heteroatoms. The maximum Gasteiger partial charge on any atom is 0.573 e. The standard InChI is InChI=1S/C15H21F3N2O2.ClH/c1-3-13(20-8-6-19-7-9-20)12-5-4-11(10-14(12)21-2)22-15(16,17)18;/h4-5,10,13,19H,3,6-9H2,1-2H3;1H/t13-;/m0./s1. The van der Waals surface area contributed by atoms with Crippen molar-refractivity contribution in [3.05, 3.63) is 23.8 Å². The van der Waals surface area contributed by atoms with Crippen molar-refractivity contribution in [2.75, 3.05) is 33.3 Å². The third kappa shape index (κ3) is 5.44. The highest BCUT2D eigenvalue weighted by Gasteiger charge is 2.32. The zero-order valence-electron chi connectivity index (χ0n) is 13.2. The Kier molecular flexibility index (Phi) is 7.44. The first-order chi connectivity index (χ1) is 10.4. The van der Waals surface area contributed by atoms with E-state index in [9.17, 15) is 13.2 Å². The number of nitrogens with zero attached hydrogens (tertiary/aromatic N) is 1. The Labute approximate surface area is 140 Å². The van der Waals surface area contributed by atoms with Crippen LogP contribution in [0.4, 0.5) is 13.2 Å². The SMILES string of the molecule is CC[C@@H](c1ccc(OC(F)(F)F)cc1OC)N1CCNCC1.Cl. The van der Waals surface area contributed by atoms with Crippen molar-refractivity contribution in [3.63, 3.8) is 0 Å². The second kappa shape index (κ2) is 8.61. The molecule has 1 aliphatic rings. The molecule has 1 aromatic rings. The number of ether oxygens (including phenoxy) is 2. The molecule has 2 rings (SSSR count). The van der Waals surface area contributed by atoms with Gasteiger partial charge in [-0.25, -0.2) is 0 Å². The van der Waals surface area contributed by atoms with Crippen LogP contribution in [0.2, 0.25) is 0 Å². The molecule has 1 N–H and O–H groups in total. The minimum absolute atomic E-state index is 0. The number of hydrogen-bond acceptors (Lipinski definition) is 4. The Morgan fingerprint density at radius 2 is 1.91 bits per heavy atom. The monoisotopic (exact) mass is 354 g/mol. The fourth-order valence-electron chi connectivity index (χ4n) is 2.83. The summed E-state index contributed by atoms with van der Waals surface area (Å²) in [5.41, 5.74) is 0.890. The van der Waals surface area contributed by atoms with Crippen molar-refractivity contribution in [2.24, 2.45) is 0 Å². The highest BCUT2D eigenvalue weighted by atomic mass is 35.5. The van der Waals surface area contributed by atoms with Crippen molar-refractivity contribution in [1.29, 1.82) is 0 Å². The molecule has 0 radical (unpaired) electrons. The van der Waals surface area contributed by atoms with Gasteiger partial charge in [-0.2, -0.15) is 0 Å². The molecule has 1 heterocycles. The average molecular weight is 355 g/mol. The Hall–Kier alpha value is -1.18. The number of benzene rings is 1. The molecule has 23 heavy (non-hydrogen) atoms. The van der Waals surface area contributed by atoms with Gasteiger partial charge in [-0.15, -0.1) is 25.6 Å². The molecular weight excluding hydrogens is 333 g/mol. The summed E-state index contributed by atoms with van der Waals surface area (Å²) in [4.78, 5) is 2.32. The van der Waals surface area contributed by atoms with Crippen LogP contribution in [-0.2, 0) is 0 Å². The fraction of sp³-hybridized carbons (Fsp3) is 0.600. The molecule has 0 bridgehead atoms. The van der Waals surface area contributed by atoms with Crippen molar-refractivity contribution in [2.45, 2.75) is 25.7 Å². The van der Waals surface area contributed by atoms with E-state index >= 15 is 0 Å². The third-order valence-electron chi connectivity index (χ3n) is 3.78. The smallest absolute Gasteiger partial charge is 0.496 e. The van der Waals surface area contributed by atoms with E-state index in [1.54, 1.807) is 6.07 Å². The lowest BCUT2D eigenvalue weighted by Gasteiger charge is -2.35. The van der Waals surface area contributed by atoms with E-state index in [4.69, 9.17) is 4.74 Å². The maximum absolute atomic E-state index is 12.3. The number of hydrogen-bond donors (Lipinski definition) is 1. The van der Waals surface area contributed by atoms with E-state index in [2.05, 4.69) is 21.9 Å². The van der Waals surface area contributed by atoms with Gasteiger partial charge in [0.1, 0.15) is 11.5 Å². The van der Waals surface area contributed by atoms with Gasteiger partial charge in [0.15, 0.2) is 0 Å². The van der Waals surface area contributed by atoms with Gasteiger partial charge in [0.05, 0.1) is 7.11 Å². The van der Waals surface area contributed by atoms with Crippen LogP contribution >= 0.6 is 12.4 Å². The average Bonchev–Trinajstić information content (AvgIpc) is 2.48. The molecular formula is C15H22ClF3N2O2. The number of piperazine rings is 1. The summed E-state index contributed by atoms with van der Waals surface area (Å²) in [6.45, 7) is 5.69. The topological polar surface area (TPSA) is 33.7 Å². The maximum atomic E-state index is 12.3. The minimum atomic E-state index is -4.70. The van der Waals surface area contributed by atoms with Crippen LogP contribution in [-0.4, -0.2) is 44.6 Å². The molecule has 1 aliphatic heterocycles. The van der Waals surface area contributed by atoms with Crippen molar-refractivity contribution >= 4 is 12.4 Å². The van der Waals surface area contributed by atoms with Crippen molar-refractivity contribution < 1.29 is 22.6 Å². The number of rotatable bonds is 5. The molecule has 1 aromatic carbocycles. The quantitative estimate of drug-likeness (QED) is 0.879. The predicted molar refractivity (Wildman–Crippen MR) is 84.4 cm³/mol. The highest BCUT2D eigenvalue weighted by molar-refractivity contribution is 5.85. The van der Waals surface area contributed by atoms with Gasteiger partial charge < -0.3 is 14.8 Å². The minimum Gasteiger partial charge on any atom is -0.496 e. The van der Waals surface area contributed by atoms with E-state index in [0.29, 0.717) is 5.75 Å². The van der Waals surface area contributed by atoms with Crippen LogP contribution in [0.3, 0.4) is 0 Å². The summed E-state index contributed by atoms with van der Waals surface area (Å²) in [7, 11) is 1.46. The first-order valence-electron chi connectivity index (χ1n) is 7.33. The Morgan fingerprint density at radius 3 is 2.43 bits per heavy atom. The van der Waals surface area contributed by atoms with Gasteiger partial charge in [-0.1, -0.05) is 13.0 Å². The van der Waals surface area contributed by atoms with Crippen LogP contribution in [0.5, 0.6) is 11.5 Å². The highest BCUT2D eigenvalue weighted by Crippen LogP contribution is 2.36. The van der Waals surface area contributed by atoms with Crippen LogP contribution < -0.4 is 14.8 Å². The van der Waals surface area contributed by atoms with E-state index < -0.39 is 6.36 Å². The molecule has 0 spiro atoms. The number of methoxy groups -OCH3 is 1. The van der Waals surface area contributed by atoms with Gasteiger partial charge >= 0.3 is 6.36 Å². The summed E-state index contributed by atoms with van der Waals surface area (Å²) in [5, 5.41) is 3.29. The van der Waals surface area contributed by atoms with Crippen molar-refractivity contribution in [3.8, 4) is 11.5 Å². The normalized spacial score (nSPS) is 17.3. The summed E-state index contributed by atoms with van der Waals surface area (Å²) in [6, 6.07) is 4.43. The molecule has 1 atom stereocenters. The van der Waals surface area contributed by atoms with E-state index in [1.807, 2.05) is 0 Å². The number of nitrogens with one attached hydrogen (secondary N) is 1. The molecule has 4 nitrogen and oxygen atoms in total. The lowest BCUT2D eigenvalue weighted by atomic mass is 10.0. The first kappa shape index (κ1) is 19.9. The largest absolute Gasteiger partial charge is 0.573 e. The molecule has 1 fully saturated rings. The van der Waals surface area contributed by atoms with Gasteiger partial charge in [-0.05, 0) is 12.5 Å². The van der Waals surface area contributed by atoms with Gasteiger partial charge in [0.25, 0.3) is 0 Å². The van der Waals surface area contributed by atoms with Gasteiger partial charge in [0, 0.05) is 43.9 Å². The van der Waals surface area contributed by atoms with Gasteiger partial charge in [0.2, 0.25) is 0 Å². The number of halogens is 4. The summed E-state index contributed by atoms with van der Waals surface area (Å²) in [5.74, 6) is 0.162. The zero-order valence-corrected chi connectivity index (χ0v) is 14.0. The molecule has 1 saturated heterocycles. The van der Waals surface area contributed by atoms with Crippen molar-refractivity contribution in [1.82, 2.24) is 10.2 Å². The van der Waals surface area contributed by atoms with E-state index in [0.717, 1.165) is 38.2 Å². The molecule has 0 aliphatic carbocycles. The predicted octanol–water partition coefficient (Wildman–Crippen LogP) is 3.37. The Morgan fingerprint density at radius 1 is 1.26 bits per heavy atom. The lowest BCUT2D eigenvalue weighted by Crippen LogP contribution is -2.45. The molecule has 0 amide bonds. The zero-order chi connectivity index (χ0) is 16.2. The van der Waals surface area contributed by atoms with Crippen LogP contribution in [0.15, 0.2) is 18.2 Å². The second-order valence-corrected chi connectivity index (χ2v) is 5.16. The Bertz CT molecular complexity index is 494. The fourth-order valence-corrected chi connectivity index (χ4v) is 2.83. The summed E-state index contributed by atoms with van der Waals surface area (Å²) < 4.78 is 46.2. The van der Waals surface area contributed by atoms with Gasteiger partial charge in [-0.3, -0.25) is 4.90 Å². The Balaban J connectivity index is 0.00000264.